The molecule has 0 heterocycles. The molecule has 4 fully saturated rings. The Labute approximate surface area is 341 Å². The summed E-state index contributed by atoms with van der Waals surface area (Å²) < 4.78 is 11.4. The zero-order valence-electron chi connectivity index (χ0n) is 35.1. The Morgan fingerprint density at radius 3 is 2.46 bits per heavy atom. The van der Waals surface area contributed by atoms with Crippen LogP contribution in [0.15, 0.2) is 84.4 Å². The lowest BCUT2D eigenvalue weighted by Crippen LogP contribution is -2.58. The van der Waals surface area contributed by atoms with Crippen molar-refractivity contribution in [3.8, 4) is 5.75 Å². The summed E-state index contributed by atoms with van der Waals surface area (Å²) in [6.07, 6.45) is 9.66. The summed E-state index contributed by atoms with van der Waals surface area (Å²) in [5, 5.41) is 35.9. The van der Waals surface area contributed by atoms with E-state index in [-0.39, 0.29) is 18.3 Å². The molecule has 6 aliphatic rings. The van der Waals surface area contributed by atoms with Crippen LogP contribution in [0.5, 0.6) is 5.75 Å². The zero-order chi connectivity index (χ0) is 40.4. The average molecular weight is 778 g/mol. The first-order chi connectivity index (χ1) is 27.3. The molecule has 0 aromatic heterocycles. The third kappa shape index (κ3) is 8.99. The SMILES string of the molecule is COc1ccc(C(=O)c2cc3ccc2[C@@H]2CC[C@@](O)(CN(C[C@@H](O)COCc4ccccc4)C[C@@H]4CC[C@H]5C[C@@H]4C5(C)C)[C@@]2(C)CCC=C(C)CC[C@H](O)C3)cc1. The molecule has 4 saturated carbocycles. The summed E-state index contributed by atoms with van der Waals surface area (Å²) in [6.45, 7) is 11.7. The lowest BCUT2D eigenvalue weighted by molar-refractivity contribution is -0.127. The molecule has 3 aromatic carbocycles. The molecule has 3 aromatic rings. The second-order valence-electron chi connectivity index (χ2n) is 19.1. The molecule has 0 aliphatic heterocycles. The van der Waals surface area contributed by atoms with Crippen molar-refractivity contribution in [2.75, 3.05) is 33.4 Å². The fourth-order valence-electron chi connectivity index (χ4n) is 11.4. The third-order valence-corrected chi connectivity index (χ3v) is 15.1. The number of ketones is 1. The van der Waals surface area contributed by atoms with Gasteiger partial charge < -0.3 is 24.8 Å². The first-order valence-corrected chi connectivity index (χ1v) is 21.7. The van der Waals surface area contributed by atoms with Crippen molar-refractivity contribution in [2.45, 2.75) is 122 Å². The number of carbonyl (C=O) groups is 1. The minimum atomic E-state index is -1.07. The third-order valence-electron chi connectivity index (χ3n) is 15.1. The first kappa shape index (κ1) is 41.8. The van der Waals surface area contributed by atoms with Gasteiger partial charge in [-0.3, -0.25) is 9.69 Å². The van der Waals surface area contributed by atoms with Gasteiger partial charge >= 0.3 is 0 Å². The maximum Gasteiger partial charge on any atom is 0.193 e. The summed E-state index contributed by atoms with van der Waals surface area (Å²) in [5.74, 6) is 2.54. The van der Waals surface area contributed by atoms with Crippen LogP contribution in [-0.4, -0.2) is 77.2 Å². The van der Waals surface area contributed by atoms with E-state index in [1.807, 2.05) is 60.7 Å². The minimum Gasteiger partial charge on any atom is -0.497 e. The van der Waals surface area contributed by atoms with E-state index in [4.69, 9.17) is 9.47 Å². The summed E-state index contributed by atoms with van der Waals surface area (Å²) >= 11 is 0. The molecule has 6 aliphatic carbocycles. The molecule has 0 saturated heterocycles. The fourth-order valence-corrected chi connectivity index (χ4v) is 11.4. The topological polar surface area (TPSA) is 99.5 Å². The van der Waals surface area contributed by atoms with Crippen LogP contribution in [0.25, 0.3) is 0 Å². The van der Waals surface area contributed by atoms with Gasteiger partial charge in [0.2, 0.25) is 0 Å². The molecule has 8 atom stereocenters. The van der Waals surface area contributed by atoms with Gasteiger partial charge in [-0.15, -0.1) is 0 Å². The van der Waals surface area contributed by atoms with Crippen LogP contribution >= 0.6 is 0 Å². The number of hydrogen-bond donors (Lipinski definition) is 3. The van der Waals surface area contributed by atoms with Gasteiger partial charge in [0.25, 0.3) is 0 Å². The van der Waals surface area contributed by atoms with E-state index in [1.54, 1.807) is 7.11 Å². The molecular weight excluding hydrogens is 711 g/mol. The number of aliphatic hydroxyl groups excluding tert-OH is 2. The van der Waals surface area contributed by atoms with Gasteiger partial charge in [-0.25, -0.2) is 0 Å². The van der Waals surface area contributed by atoms with Gasteiger partial charge in [0.1, 0.15) is 5.75 Å². The van der Waals surface area contributed by atoms with Crippen molar-refractivity contribution in [2.24, 2.45) is 28.6 Å². The number of methoxy groups -OCH3 is 1. The van der Waals surface area contributed by atoms with E-state index in [0.29, 0.717) is 73.1 Å². The monoisotopic (exact) mass is 777 g/mol. The molecule has 0 spiro atoms. The molecule has 9 rings (SSSR count). The molecule has 7 heteroatoms. The van der Waals surface area contributed by atoms with Gasteiger partial charge in [-0.1, -0.05) is 74.9 Å². The number of fused-ring (bicyclic) bond motifs is 10. The number of ether oxygens (including phenoxy) is 2. The number of allylic oxidation sites excluding steroid dienone is 2. The molecule has 3 N–H and O–H groups in total. The molecule has 0 amide bonds. The number of carbonyl (C=O) groups excluding carboxylic acids is 1. The molecule has 7 nitrogen and oxygen atoms in total. The van der Waals surface area contributed by atoms with Gasteiger partial charge in [-0.2, -0.15) is 0 Å². The van der Waals surface area contributed by atoms with Crippen molar-refractivity contribution in [1.82, 2.24) is 4.90 Å². The van der Waals surface area contributed by atoms with Crippen molar-refractivity contribution >= 4 is 5.78 Å². The van der Waals surface area contributed by atoms with E-state index in [9.17, 15) is 20.1 Å². The van der Waals surface area contributed by atoms with E-state index in [2.05, 4.69) is 50.8 Å². The molecule has 4 bridgehead atoms. The largest absolute Gasteiger partial charge is 0.497 e. The van der Waals surface area contributed by atoms with Crippen LogP contribution in [0.1, 0.15) is 124 Å². The van der Waals surface area contributed by atoms with Gasteiger partial charge in [0.05, 0.1) is 38.1 Å². The zero-order valence-corrected chi connectivity index (χ0v) is 35.1. The van der Waals surface area contributed by atoms with Crippen molar-refractivity contribution in [3.05, 3.63) is 112 Å². The second-order valence-corrected chi connectivity index (χ2v) is 19.1. The van der Waals surface area contributed by atoms with Crippen LogP contribution in [0, 0.1) is 28.6 Å². The smallest absolute Gasteiger partial charge is 0.193 e. The number of rotatable bonds is 13. The highest BCUT2D eigenvalue weighted by Crippen LogP contribution is 2.62. The highest BCUT2D eigenvalue weighted by molar-refractivity contribution is 6.10. The number of benzene rings is 3. The highest BCUT2D eigenvalue weighted by Gasteiger charge is 2.58. The molecule has 308 valence electrons. The molecule has 0 radical (unpaired) electrons. The van der Waals surface area contributed by atoms with Crippen molar-refractivity contribution < 1.29 is 29.6 Å². The second kappa shape index (κ2) is 17.5. The lowest BCUT2D eigenvalue weighted by Gasteiger charge is -2.61. The normalized spacial score (nSPS) is 30.2. The number of aliphatic hydroxyl groups is 3. The Balaban J connectivity index is 1.21. The van der Waals surface area contributed by atoms with Crippen molar-refractivity contribution in [1.29, 1.82) is 0 Å². The predicted molar refractivity (Wildman–Crippen MR) is 226 cm³/mol. The molecular formula is C50H67NO6. The maximum absolute atomic E-state index is 14.5. The van der Waals surface area contributed by atoms with E-state index in [1.165, 1.54) is 24.8 Å². The van der Waals surface area contributed by atoms with E-state index >= 15 is 0 Å². The Bertz CT molecular complexity index is 1850. The van der Waals surface area contributed by atoms with Crippen molar-refractivity contribution in [3.63, 3.8) is 0 Å². The van der Waals surface area contributed by atoms with E-state index < -0.39 is 23.2 Å². The van der Waals surface area contributed by atoms with Crippen LogP contribution in [-0.2, 0) is 17.8 Å². The van der Waals surface area contributed by atoms with Crippen LogP contribution in [0.2, 0.25) is 0 Å². The summed E-state index contributed by atoms with van der Waals surface area (Å²) in [5.41, 5.74) is 4.20. The Hall–Kier alpha value is -3.33. The maximum atomic E-state index is 14.5. The molecule has 0 unspecified atom stereocenters. The van der Waals surface area contributed by atoms with Gasteiger partial charge in [0.15, 0.2) is 5.78 Å². The highest BCUT2D eigenvalue weighted by atomic mass is 16.5. The Kier molecular flexibility index (Phi) is 12.8. The van der Waals surface area contributed by atoms with Crippen LogP contribution in [0.4, 0.5) is 0 Å². The first-order valence-electron chi connectivity index (χ1n) is 21.7. The lowest BCUT2D eigenvalue weighted by atomic mass is 9.45. The van der Waals surface area contributed by atoms with Gasteiger partial charge in [0, 0.05) is 36.2 Å². The average Bonchev–Trinajstić information content (AvgIpc) is 3.45. The van der Waals surface area contributed by atoms with Crippen LogP contribution < -0.4 is 4.74 Å². The summed E-state index contributed by atoms with van der Waals surface area (Å²) in [7, 11) is 1.62. The fraction of sp³-hybridized carbons (Fsp3) is 0.580. The Morgan fingerprint density at radius 2 is 1.74 bits per heavy atom. The predicted octanol–water partition coefficient (Wildman–Crippen LogP) is 8.92. The Morgan fingerprint density at radius 1 is 0.965 bits per heavy atom. The quantitative estimate of drug-likeness (QED) is 0.118. The van der Waals surface area contributed by atoms with Gasteiger partial charge in [-0.05, 0) is 147 Å². The van der Waals surface area contributed by atoms with Crippen LogP contribution in [0.3, 0.4) is 0 Å². The minimum absolute atomic E-state index is 0.0522. The standard InChI is InChI=1S/C50H67NO6/c1-34-10-9-24-49(4)45(43-22-14-36(26-40(52)19-13-34)27-44(43)47(54)37-16-20-42(56-5)21-17-37)23-25-50(49,55)33-51(29-38-15-18-39-28-46(38)48(39,2)3)30-41(53)32-57-31-35-11-7-6-8-12-35/h6-8,10-12,14,16-17,20-22,27,38-41,45-46,52-53,55H,9,13,15,18-19,23-26,28-33H2,1-5H3/t38-,39-,40-,41+,45-,46-,49-,50+/m0/s1. The number of hydrogen-bond acceptors (Lipinski definition) is 7. The molecule has 57 heavy (non-hydrogen) atoms. The number of nitrogens with zero attached hydrogens (tertiary/aromatic N) is 1. The van der Waals surface area contributed by atoms with E-state index in [0.717, 1.165) is 54.8 Å². The summed E-state index contributed by atoms with van der Waals surface area (Å²) in [4.78, 5) is 16.9. The summed E-state index contributed by atoms with van der Waals surface area (Å²) in [6, 6.07) is 23.6.